The van der Waals surface area contributed by atoms with Crippen molar-refractivity contribution in [2.75, 3.05) is 5.32 Å². The van der Waals surface area contributed by atoms with Crippen molar-refractivity contribution >= 4 is 40.2 Å². The first-order valence-electron chi connectivity index (χ1n) is 6.91. The topological polar surface area (TPSA) is 92.4 Å². The number of carbonyl (C=O) groups excluding carboxylic acids is 1. The molecule has 2 aromatic carbocycles. The van der Waals surface area contributed by atoms with Crippen LogP contribution < -0.4 is 5.32 Å². The van der Waals surface area contributed by atoms with E-state index in [1.165, 1.54) is 12.1 Å². The molecule has 1 amide bonds. The number of benzene rings is 2. The summed E-state index contributed by atoms with van der Waals surface area (Å²) in [6.45, 7) is 0. The third-order valence-corrected chi connectivity index (χ3v) is 3.93. The molecule has 0 radical (unpaired) electrons. The third-order valence-electron chi connectivity index (χ3n) is 3.26. The number of carboxylic acid groups (broad SMARTS) is 1. The normalized spacial score (nSPS) is 10.4. The number of rotatable bonds is 4. The summed E-state index contributed by atoms with van der Waals surface area (Å²) in [7, 11) is 0. The molecule has 3 rings (SSSR count). The molecule has 0 aliphatic rings. The summed E-state index contributed by atoms with van der Waals surface area (Å²) in [5.74, 6) is -1.19. The number of hydrogen-bond acceptors (Lipinski definition) is 4. The predicted octanol–water partition coefficient (Wildman–Crippen LogP) is 3.90. The summed E-state index contributed by atoms with van der Waals surface area (Å²) < 4.78 is 5.94. The number of amides is 1. The molecule has 2 N–H and O–H groups in total. The molecule has 0 atom stereocenters. The molecule has 0 fully saturated rings. The average molecular weight is 434 g/mol. The van der Waals surface area contributed by atoms with Crippen LogP contribution in [0, 0.1) is 3.57 Å². The molecular formula is C17H11IN2O4. The van der Waals surface area contributed by atoms with Gasteiger partial charge in [-0.1, -0.05) is 35.5 Å². The number of nitrogens with one attached hydrogen (secondary N) is 1. The van der Waals surface area contributed by atoms with Gasteiger partial charge in [-0.2, -0.15) is 0 Å². The number of carbonyl (C=O) groups is 2. The van der Waals surface area contributed by atoms with Gasteiger partial charge in [-0.25, -0.2) is 4.79 Å². The Kier molecular flexibility index (Phi) is 4.61. The Hall–Kier alpha value is -2.68. The van der Waals surface area contributed by atoms with Gasteiger partial charge >= 0.3 is 5.97 Å². The first kappa shape index (κ1) is 16.2. The maximum absolute atomic E-state index is 12.3. The number of aromatic carboxylic acids is 1. The Bertz CT molecular complexity index is 906. The highest BCUT2D eigenvalue weighted by atomic mass is 127. The molecule has 0 unspecified atom stereocenters. The van der Waals surface area contributed by atoms with Crippen molar-refractivity contribution in [2.45, 2.75) is 0 Å². The minimum absolute atomic E-state index is 0.0158. The minimum atomic E-state index is -1.12. The zero-order chi connectivity index (χ0) is 17.1. The lowest BCUT2D eigenvalue weighted by atomic mass is 10.1. The Morgan fingerprint density at radius 1 is 1.08 bits per heavy atom. The van der Waals surface area contributed by atoms with Crippen LogP contribution in [0.15, 0.2) is 59.1 Å². The quantitative estimate of drug-likeness (QED) is 0.608. The predicted molar refractivity (Wildman–Crippen MR) is 96.0 cm³/mol. The van der Waals surface area contributed by atoms with E-state index in [0.29, 0.717) is 5.76 Å². The maximum Gasteiger partial charge on any atom is 0.337 e. The van der Waals surface area contributed by atoms with Crippen LogP contribution in [0.5, 0.6) is 0 Å². The monoisotopic (exact) mass is 434 g/mol. The summed E-state index contributed by atoms with van der Waals surface area (Å²) in [4.78, 5) is 23.6. The van der Waals surface area contributed by atoms with E-state index in [4.69, 9.17) is 4.52 Å². The van der Waals surface area contributed by atoms with Crippen LogP contribution in [-0.4, -0.2) is 22.1 Å². The van der Waals surface area contributed by atoms with Crippen LogP contribution in [0.1, 0.15) is 20.8 Å². The lowest BCUT2D eigenvalue weighted by Gasteiger charge is -2.07. The van der Waals surface area contributed by atoms with Crippen LogP contribution in [-0.2, 0) is 0 Å². The molecule has 0 saturated heterocycles. The summed E-state index contributed by atoms with van der Waals surface area (Å²) in [5, 5.41) is 15.5. The number of halogens is 1. The van der Waals surface area contributed by atoms with Crippen molar-refractivity contribution in [1.82, 2.24) is 5.16 Å². The Morgan fingerprint density at radius 3 is 2.54 bits per heavy atom. The molecule has 0 aliphatic carbocycles. The zero-order valence-corrected chi connectivity index (χ0v) is 14.4. The van der Waals surface area contributed by atoms with Gasteiger partial charge in [0.2, 0.25) is 0 Å². The van der Waals surface area contributed by atoms with Crippen molar-refractivity contribution in [1.29, 1.82) is 0 Å². The summed E-state index contributed by atoms with van der Waals surface area (Å²) in [6, 6.07) is 15.5. The van der Waals surface area contributed by atoms with E-state index in [-0.39, 0.29) is 16.9 Å². The molecule has 24 heavy (non-hydrogen) atoms. The Labute approximate surface area is 150 Å². The van der Waals surface area contributed by atoms with E-state index in [9.17, 15) is 14.7 Å². The lowest BCUT2D eigenvalue weighted by Crippen LogP contribution is -2.15. The lowest BCUT2D eigenvalue weighted by molar-refractivity contribution is 0.0698. The summed E-state index contributed by atoms with van der Waals surface area (Å²) in [6.07, 6.45) is 0. The zero-order valence-electron chi connectivity index (χ0n) is 12.2. The van der Waals surface area contributed by atoms with Gasteiger partial charge in [0.1, 0.15) is 0 Å². The first-order valence-corrected chi connectivity index (χ1v) is 7.99. The van der Waals surface area contributed by atoms with Gasteiger partial charge in [0, 0.05) is 15.2 Å². The highest BCUT2D eigenvalue weighted by molar-refractivity contribution is 14.1. The minimum Gasteiger partial charge on any atom is -0.478 e. The van der Waals surface area contributed by atoms with Crippen LogP contribution in [0.3, 0.4) is 0 Å². The van der Waals surface area contributed by atoms with Gasteiger partial charge in [-0.15, -0.1) is 0 Å². The van der Waals surface area contributed by atoms with Crippen molar-refractivity contribution in [2.24, 2.45) is 0 Å². The van der Waals surface area contributed by atoms with Gasteiger partial charge in [0.25, 0.3) is 5.91 Å². The Morgan fingerprint density at radius 2 is 1.83 bits per heavy atom. The molecule has 3 aromatic rings. The number of carboxylic acids is 1. The van der Waals surface area contributed by atoms with Crippen LogP contribution in [0.4, 0.5) is 5.69 Å². The van der Waals surface area contributed by atoms with Crippen LogP contribution >= 0.6 is 22.6 Å². The molecular weight excluding hydrogens is 423 g/mol. The number of anilines is 1. The maximum atomic E-state index is 12.3. The largest absolute Gasteiger partial charge is 0.478 e. The molecule has 0 spiro atoms. The molecule has 0 aliphatic heterocycles. The van der Waals surface area contributed by atoms with Gasteiger partial charge in [0.05, 0.1) is 11.3 Å². The number of nitrogens with zero attached hydrogens (tertiary/aromatic N) is 1. The second-order valence-corrected chi connectivity index (χ2v) is 6.14. The van der Waals surface area contributed by atoms with Crippen molar-refractivity contribution in [3.8, 4) is 11.3 Å². The summed E-state index contributed by atoms with van der Waals surface area (Å²) in [5.41, 5.74) is 1.09. The SMILES string of the molecule is O=C(Nc1ccc(I)cc1C(=O)O)c1cc(-c2ccccc2)on1. The number of aromatic nitrogens is 1. The molecule has 120 valence electrons. The van der Waals surface area contributed by atoms with Gasteiger partial charge < -0.3 is 14.9 Å². The molecule has 6 nitrogen and oxygen atoms in total. The Balaban J connectivity index is 1.84. The van der Waals surface area contributed by atoms with E-state index in [0.717, 1.165) is 9.13 Å². The highest BCUT2D eigenvalue weighted by Crippen LogP contribution is 2.22. The van der Waals surface area contributed by atoms with E-state index < -0.39 is 11.9 Å². The van der Waals surface area contributed by atoms with Crippen molar-refractivity contribution in [3.05, 3.63) is 69.4 Å². The van der Waals surface area contributed by atoms with Crippen LogP contribution in [0.25, 0.3) is 11.3 Å². The molecule has 1 aromatic heterocycles. The van der Waals surface area contributed by atoms with Crippen molar-refractivity contribution < 1.29 is 19.2 Å². The first-order chi connectivity index (χ1) is 11.5. The third kappa shape index (κ3) is 3.46. The second kappa shape index (κ2) is 6.83. The van der Waals surface area contributed by atoms with E-state index in [1.54, 1.807) is 12.1 Å². The standard InChI is InChI=1S/C17H11IN2O4/c18-11-6-7-13(12(8-11)17(22)23)19-16(21)14-9-15(24-20-14)10-4-2-1-3-5-10/h1-9H,(H,19,21)(H,22,23). The number of hydrogen-bond donors (Lipinski definition) is 2. The van der Waals surface area contributed by atoms with Crippen molar-refractivity contribution in [3.63, 3.8) is 0 Å². The highest BCUT2D eigenvalue weighted by Gasteiger charge is 2.17. The smallest absolute Gasteiger partial charge is 0.337 e. The van der Waals surface area contributed by atoms with Gasteiger partial charge in [-0.05, 0) is 40.8 Å². The molecule has 0 saturated carbocycles. The van der Waals surface area contributed by atoms with Gasteiger partial charge in [0.15, 0.2) is 11.5 Å². The van der Waals surface area contributed by atoms with E-state index in [1.807, 2.05) is 52.9 Å². The fraction of sp³-hybridized carbons (Fsp3) is 0. The summed E-state index contributed by atoms with van der Waals surface area (Å²) >= 11 is 2.01. The second-order valence-electron chi connectivity index (χ2n) is 4.89. The molecule has 7 heteroatoms. The van der Waals surface area contributed by atoms with Gasteiger partial charge in [-0.3, -0.25) is 4.79 Å². The molecule has 0 bridgehead atoms. The van der Waals surface area contributed by atoms with E-state index >= 15 is 0 Å². The molecule has 1 heterocycles. The average Bonchev–Trinajstić information content (AvgIpc) is 3.07. The van der Waals surface area contributed by atoms with E-state index in [2.05, 4.69) is 10.5 Å². The van der Waals surface area contributed by atoms with Crippen LogP contribution in [0.2, 0.25) is 0 Å². The fourth-order valence-corrected chi connectivity index (χ4v) is 2.60. The fourth-order valence-electron chi connectivity index (χ4n) is 2.11.